The fraction of sp³-hybridized carbons (Fsp3) is 0.689. The third kappa shape index (κ3) is 27.8. The largest absolute Gasteiger partial charge is 0.496 e. The fourth-order valence-corrected chi connectivity index (χ4v) is 16.6. The van der Waals surface area contributed by atoms with Crippen LogP contribution in [-0.2, 0) is 102 Å². The molecule has 33 nitrogen and oxygen atoms in total. The highest BCUT2D eigenvalue weighted by Crippen LogP contribution is 2.48. The molecule has 40 heteroatoms. The number of Topliss-reactive ketones (excluding diaryl/α,β-unsaturated/α-hetero) is 2. The number of hydrogen-bond acceptors (Lipinski definition) is 26. The van der Waals surface area contributed by atoms with E-state index in [-0.39, 0.29) is 128 Å². The van der Waals surface area contributed by atoms with Gasteiger partial charge in [-0.15, -0.1) is 0 Å². The first kappa shape index (κ1) is 93.5. The Morgan fingerprint density at radius 2 is 1.27 bits per heavy atom. The third-order valence-corrected chi connectivity index (χ3v) is 23.4. The number of ketones is 2. The summed E-state index contributed by atoms with van der Waals surface area (Å²) in [6.07, 6.45) is -3.61. The predicted molar refractivity (Wildman–Crippen MR) is 397 cm³/mol. The highest BCUT2D eigenvalue weighted by molar-refractivity contribution is 7.99. The summed E-state index contributed by atoms with van der Waals surface area (Å²) < 4.78 is 131. The molecule has 8 amide bonds. The van der Waals surface area contributed by atoms with Crippen LogP contribution in [0.5, 0.6) is 11.5 Å². The van der Waals surface area contributed by atoms with Crippen molar-refractivity contribution < 1.29 is 137 Å². The molecule has 2 bridgehead atoms. The van der Waals surface area contributed by atoms with Crippen LogP contribution in [0.25, 0.3) is 0 Å². The van der Waals surface area contributed by atoms with E-state index >= 15 is 9.00 Å². The average molecular weight is 1660 g/mol. The number of aliphatic hydroxyl groups is 3. The lowest BCUT2D eigenvalue weighted by Crippen LogP contribution is -2.60. The Morgan fingerprint density at radius 1 is 0.702 bits per heavy atom. The second-order valence-electron chi connectivity index (χ2n) is 28.3. The number of nitrogens with one attached hydrogen (secondary N) is 6. The fourth-order valence-electron chi connectivity index (χ4n) is 13.7. The second kappa shape index (κ2) is 47.5. The van der Waals surface area contributed by atoms with Gasteiger partial charge in [-0.3, -0.25) is 56.9 Å². The Morgan fingerprint density at radius 3 is 1.84 bits per heavy atom. The van der Waals surface area contributed by atoms with E-state index in [4.69, 9.17) is 43.6 Å². The number of esters is 1. The van der Waals surface area contributed by atoms with Gasteiger partial charge in [-0.1, -0.05) is 33.3 Å². The number of piperidine rings is 1. The Kier molecular flexibility index (Phi) is 39.0. The van der Waals surface area contributed by atoms with Crippen molar-refractivity contribution in [1.82, 2.24) is 36.4 Å². The summed E-state index contributed by atoms with van der Waals surface area (Å²) in [4.78, 5) is 156. The molecule has 5 aliphatic rings. The molecule has 4 fully saturated rings. The van der Waals surface area contributed by atoms with Crippen molar-refractivity contribution in [3.05, 3.63) is 52.3 Å². The molecule has 5 aliphatic heterocycles. The predicted octanol–water partition coefficient (Wildman–Crippen LogP) is 0.608. The molecular weight excluding hydrogens is 1560 g/mol. The molecule has 638 valence electrons. The van der Waals surface area contributed by atoms with Gasteiger partial charge in [0, 0.05) is 95.6 Å². The second-order valence-corrected chi connectivity index (χ2v) is 31.2. The topological polar surface area (TPSA) is 453 Å². The number of hydrogen-bond donors (Lipinski definition) is 10. The number of rotatable bonds is 36. The molecular formula is C74H106F5N9O24S2. The molecule has 4 saturated heterocycles. The van der Waals surface area contributed by atoms with E-state index in [1.165, 1.54) is 14.0 Å². The van der Waals surface area contributed by atoms with Gasteiger partial charge in [0.25, 0.3) is 0 Å². The molecule has 11 N–H and O–H groups in total. The van der Waals surface area contributed by atoms with Crippen LogP contribution in [0, 0.1) is 52.8 Å². The lowest BCUT2D eigenvalue weighted by Gasteiger charge is -2.33. The molecule has 0 radical (unpaired) electrons. The van der Waals surface area contributed by atoms with Gasteiger partial charge < -0.3 is 105 Å². The van der Waals surface area contributed by atoms with Gasteiger partial charge >= 0.3 is 5.97 Å². The van der Waals surface area contributed by atoms with Crippen molar-refractivity contribution >= 4 is 93.0 Å². The Hall–Kier alpha value is -7.64. The lowest BCUT2D eigenvalue weighted by atomic mass is 9.82. The van der Waals surface area contributed by atoms with Gasteiger partial charge in [0.05, 0.1) is 163 Å². The zero-order valence-corrected chi connectivity index (χ0v) is 65.9. The first-order valence-corrected chi connectivity index (χ1v) is 40.5. The van der Waals surface area contributed by atoms with Gasteiger partial charge in [-0.2, -0.15) is 20.5 Å². The zero-order chi connectivity index (χ0) is 83.1. The molecule has 2 aromatic carbocycles. The van der Waals surface area contributed by atoms with E-state index in [9.17, 15) is 85.2 Å². The number of fused-ring (bicyclic) bond motifs is 5. The summed E-state index contributed by atoms with van der Waals surface area (Å²) in [5, 5.41) is 47.4. The molecule has 2 aromatic rings. The highest BCUT2D eigenvalue weighted by atomic mass is 32.2. The zero-order valence-electron chi connectivity index (χ0n) is 64.3. The first-order chi connectivity index (χ1) is 54.6. The Balaban J connectivity index is 0.921. The van der Waals surface area contributed by atoms with Crippen LogP contribution in [-0.4, -0.2) is 286 Å². The van der Waals surface area contributed by atoms with Gasteiger partial charge in [0.1, 0.15) is 29.2 Å². The maximum absolute atomic E-state index is 15.6. The third-order valence-electron chi connectivity index (χ3n) is 20.4. The number of halogens is 5. The number of thioether (sulfide) groups is 1. The highest BCUT2D eigenvalue weighted by Gasteiger charge is 2.48. The molecule has 0 aromatic heterocycles. The number of carbonyl (C=O) groups excluding carboxylic acids is 11. The summed E-state index contributed by atoms with van der Waals surface area (Å²) in [6, 6.07) is -3.55. The monoisotopic (exact) mass is 1660 g/mol. The van der Waals surface area contributed by atoms with Crippen molar-refractivity contribution in [3.63, 3.8) is 0 Å². The van der Waals surface area contributed by atoms with Gasteiger partial charge in [-0.05, 0) is 49.7 Å². The first-order valence-electron chi connectivity index (χ1n) is 38.1. The van der Waals surface area contributed by atoms with Crippen LogP contribution < -0.4 is 47.1 Å². The molecule has 114 heavy (non-hydrogen) atoms. The number of amides is 8. The number of methoxy groups -OCH3 is 1. The van der Waals surface area contributed by atoms with Crippen LogP contribution in [0.1, 0.15) is 115 Å². The van der Waals surface area contributed by atoms with Crippen molar-refractivity contribution in [2.24, 2.45) is 29.4 Å². The SMILES string of the molecule is CC[C@H](C)[C@@H]1CCCC(=O)CNC(=O)[C@H]2CC(=O)[C@H]([C@@H](C)[C@@H](O)CO)NC(=O)[C@@H]3C[C@@H](O)CN3C(=O)[C@H](CC(N)=O)NC(=O)[C@@H](CS(=O)C3Nc4c(ccc(OC)c4CSC4CCN(C(=O)CCOCCOCCOCCOCCOCCOCCOCCC(=O)Oc5c(F)c(F)c(F)c(F)c5F)CC4)C3C2)NC(=O)CNC1=O. The number of likely N-dealkylation sites (tertiary alicyclic amines) is 1. The molecule has 7 rings (SSSR count). The minimum Gasteiger partial charge on any atom is -0.496 e. The lowest BCUT2D eigenvalue weighted by molar-refractivity contribution is -0.144. The van der Waals surface area contributed by atoms with E-state index in [1.54, 1.807) is 28.8 Å². The van der Waals surface area contributed by atoms with E-state index in [2.05, 4.69) is 36.6 Å². The van der Waals surface area contributed by atoms with Crippen molar-refractivity contribution in [1.29, 1.82) is 0 Å². The summed E-state index contributed by atoms with van der Waals surface area (Å²) in [5.41, 5.74) is 7.18. The van der Waals surface area contributed by atoms with E-state index in [0.717, 1.165) is 4.90 Å². The number of ether oxygens (including phenoxy) is 9. The maximum atomic E-state index is 15.6. The van der Waals surface area contributed by atoms with E-state index < -0.39 is 228 Å². The smallest absolute Gasteiger partial charge is 0.313 e. The van der Waals surface area contributed by atoms with Crippen LogP contribution in [0.2, 0.25) is 0 Å². The van der Waals surface area contributed by atoms with Gasteiger partial charge in [0.2, 0.25) is 82.1 Å². The summed E-state index contributed by atoms with van der Waals surface area (Å²) in [5.74, 6) is -27.0. The minimum absolute atomic E-state index is 0.0220. The number of primary amides is 1. The number of nitrogens with two attached hydrogens (primary N) is 1. The number of benzene rings is 2. The molecule has 0 saturated carbocycles. The molecule has 0 aliphatic carbocycles. The Labute approximate surface area is 663 Å². The van der Waals surface area contributed by atoms with Crippen LogP contribution in [0.3, 0.4) is 0 Å². The normalized spacial score (nSPS) is 24.1. The van der Waals surface area contributed by atoms with Crippen molar-refractivity contribution in [2.45, 2.75) is 156 Å². The van der Waals surface area contributed by atoms with Gasteiger partial charge in [0.15, 0.2) is 11.6 Å². The van der Waals surface area contributed by atoms with Crippen LogP contribution >= 0.6 is 11.8 Å². The quantitative estimate of drug-likeness (QED) is 0.0112. The molecule has 5 heterocycles. The summed E-state index contributed by atoms with van der Waals surface area (Å²) in [6.45, 7) is 6.02. The number of carbonyl (C=O) groups is 11. The van der Waals surface area contributed by atoms with Crippen LogP contribution in [0.4, 0.5) is 27.6 Å². The van der Waals surface area contributed by atoms with E-state index in [0.29, 0.717) is 74.7 Å². The number of aliphatic hydroxyl groups excluding tert-OH is 3. The maximum Gasteiger partial charge on any atom is 0.313 e. The van der Waals surface area contributed by atoms with Crippen LogP contribution in [0.15, 0.2) is 12.1 Å². The number of anilines is 1. The van der Waals surface area contributed by atoms with Crippen molar-refractivity contribution in [3.8, 4) is 11.5 Å². The van der Waals surface area contributed by atoms with E-state index in [1.807, 2.05) is 13.8 Å². The minimum atomic E-state index is -2.38. The summed E-state index contributed by atoms with van der Waals surface area (Å²) in [7, 11) is -0.868. The number of nitrogens with zero attached hydrogens (tertiary/aromatic N) is 2. The summed E-state index contributed by atoms with van der Waals surface area (Å²) >= 11 is 1.58. The molecule has 0 spiro atoms. The average Bonchev–Trinajstić information content (AvgIpc) is 1.63. The standard InChI is InChI=1S/C74H106F5N9O24S2/c1-5-41(2)47-8-6-7-44(90)35-81-69(98)43-31-49-48-9-10-56(104-4)50(67(48)86-73(49)114(103)40-52(83-58(95)36-82-70(47)99)71(100)84-51(34-57(80)94)74(102)88-37-45(91)33-53(88)72(101)85-66(54(92)32-43)42(3)55(93)38-89)39-113-46-11-15-87(16-12-46)59(96)13-17-105-19-21-107-23-25-109-27-29-111-30-28-110-26-24-108-22-20-106-18-14-60(97)112-68-64(78)62(76)61(75)63(77)65(68)79/h9-10,41-43,45-47,49,51-53,55,66,73,86,89,91,93H,5-8,11-40H2,1-4H3,(H2,80,94)(H,81,98)(H,82,99)(H,83,95)(H,84,100)(H,85,101)/t41-,42-,43+,45+,47-,49?,51-,52+,53-,55-,66-,73?,114?/m0/s1. The molecule has 3 unspecified atom stereocenters. The van der Waals surface area contributed by atoms with Gasteiger partial charge in [-0.25, -0.2) is 13.2 Å². The van der Waals surface area contributed by atoms with Crippen molar-refractivity contribution in [2.75, 3.05) is 150 Å². The Bertz CT molecular complexity index is 3620. The molecule has 13 atom stereocenters.